The number of rotatable bonds is 4. The minimum absolute atomic E-state index is 0.127. The zero-order chi connectivity index (χ0) is 12.2. The number of pyridine rings is 1. The van der Waals surface area contributed by atoms with Gasteiger partial charge in [0.15, 0.2) is 4.87 Å². The zero-order valence-corrected chi connectivity index (χ0v) is 9.65. The number of aromatic nitrogens is 1. The molecule has 0 radical (unpaired) electrons. The molecule has 1 aromatic heterocycles. The molecule has 1 unspecified atom stereocenters. The first-order valence-corrected chi connectivity index (χ1v) is 5.47. The summed E-state index contributed by atoms with van der Waals surface area (Å²) in [5.41, 5.74) is -0.127. The minimum atomic E-state index is -4.49. The van der Waals surface area contributed by atoms with E-state index in [9.17, 15) is 13.2 Å². The number of alkyl halides is 4. The highest BCUT2D eigenvalue weighted by molar-refractivity contribution is 6.24. The van der Waals surface area contributed by atoms with Crippen LogP contribution in [-0.2, 0) is 4.87 Å². The zero-order valence-electron chi connectivity index (χ0n) is 8.89. The quantitative estimate of drug-likeness (QED) is 0.729. The lowest BCUT2D eigenvalue weighted by Gasteiger charge is -2.28. The molecule has 0 aromatic carbocycles. The standard InChI is InChI=1S/C11H13ClF3N/c1-2-3-7-10(12,11(13,14)15)9-6-4-5-8-16-9/h4-6,8H,2-3,7H2,1H3. The highest BCUT2D eigenvalue weighted by Gasteiger charge is 2.55. The van der Waals surface area contributed by atoms with Crippen molar-refractivity contribution in [3.05, 3.63) is 30.1 Å². The predicted molar refractivity (Wildman–Crippen MR) is 57.3 cm³/mol. The molecule has 16 heavy (non-hydrogen) atoms. The maximum atomic E-state index is 12.9. The summed E-state index contributed by atoms with van der Waals surface area (Å²) >= 11 is 5.73. The van der Waals surface area contributed by atoms with E-state index in [0.717, 1.165) is 0 Å². The summed E-state index contributed by atoms with van der Waals surface area (Å²) in [7, 11) is 0. The molecule has 90 valence electrons. The lowest BCUT2D eigenvalue weighted by atomic mass is 9.96. The summed E-state index contributed by atoms with van der Waals surface area (Å²) in [6.45, 7) is 1.83. The first kappa shape index (κ1) is 13.3. The predicted octanol–water partition coefficient (Wildman–Crippen LogP) is 4.27. The molecule has 1 rings (SSSR count). The first-order chi connectivity index (χ1) is 7.42. The van der Waals surface area contributed by atoms with Gasteiger partial charge in [0, 0.05) is 6.20 Å². The van der Waals surface area contributed by atoms with Gasteiger partial charge in [-0.15, -0.1) is 11.6 Å². The Labute approximate surface area is 97.6 Å². The van der Waals surface area contributed by atoms with Crippen LogP contribution in [0.1, 0.15) is 31.9 Å². The fraction of sp³-hybridized carbons (Fsp3) is 0.545. The summed E-state index contributed by atoms with van der Waals surface area (Å²) in [5.74, 6) is 0. The fourth-order valence-corrected chi connectivity index (χ4v) is 1.68. The molecule has 0 spiro atoms. The average molecular weight is 252 g/mol. The van der Waals surface area contributed by atoms with Gasteiger partial charge in [0.1, 0.15) is 0 Å². The Bertz CT molecular complexity index is 326. The van der Waals surface area contributed by atoms with Gasteiger partial charge in [0.05, 0.1) is 5.69 Å². The topological polar surface area (TPSA) is 12.9 Å². The summed E-state index contributed by atoms with van der Waals surface area (Å²) in [6.07, 6.45) is -2.23. The molecule has 0 saturated carbocycles. The van der Waals surface area contributed by atoms with Crippen LogP contribution in [0.2, 0.25) is 0 Å². The Morgan fingerprint density at radius 3 is 2.44 bits per heavy atom. The van der Waals surface area contributed by atoms with E-state index in [1.165, 1.54) is 18.3 Å². The van der Waals surface area contributed by atoms with Crippen LogP contribution in [0.5, 0.6) is 0 Å². The van der Waals surface area contributed by atoms with E-state index in [1.807, 2.05) is 6.92 Å². The molecule has 1 nitrogen and oxygen atoms in total. The SMILES string of the molecule is CCCCC(Cl)(c1ccccn1)C(F)(F)F. The van der Waals surface area contributed by atoms with Crippen molar-refractivity contribution < 1.29 is 13.2 Å². The van der Waals surface area contributed by atoms with Gasteiger partial charge >= 0.3 is 6.18 Å². The Kier molecular flexibility index (Phi) is 4.19. The van der Waals surface area contributed by atoms with E-state index in [-0.39, 0.29) is 12.1 Å². The second-order valence-corrected chi connectivity index (χ2v) is 4.26. The Morgan fingerprint density at radius 1 is 1.31 bits per heavy atom. The Balaban J connectivity index is 3.05. The third-order valence-electron chi connectivity index (χ3n) is 2.40. The summed E-state index contributed by atoms with van der Waals surface area (Å²) < 4.78 is 38.8. The maximum absolute atomic E-state index is 12.9. The van der Waals surface area contributed by atoms with Crippen LogP contribution in [0, 0.1) is 0 Å². The molecule has 1 atom stereocenters. The van der Waals surface area contributed by atoms with Gasteiger partial charge in [-0.3, -0.25) is 4.98 Å². The molecule has 1 heterocycles. The van der Waals surface area contributed by atoms with Crippen molar-refractivity contribution in [2.45, 2.75) is 37.2 Å². The van der Waals surface area contributed by atoms with Gasteiger partial charge in [-0.2, -0.15) is 13.2 Å². The molecular formula is C11H13ClF3N. The van der Waals surface area contributed by atoms with E-state index in [1.54, 1.807) is 6.07 Å². The van der Waals surface area contributed by atoms with Crippen LogP contribution < -0.4 is 0 Å². The number of halogens is 4. The third-order valence-corrected chi connectivity index (χ3v) is 2.99. The maximum Gasteiger partial charge on any atom is 0.413 e. The van der Waals surface area contributed by atoms with Gasteiger partial charge in [0.2, 0.25) is 0 Å². The average Bonchev–Trinajstić information content (AvgIpc) is 2.25. The fourth-order valence-electron chi connectivity index (χ4n) is 1.43. The van der Waals surface area contributed by atoms with Crippen molar-refractivity contribution in [3.63, 3.8) is 0 Å². The molecule has 1 aromatic rings. The largest absolute Gasteiger partial charge is 0.413 e. The molecule has 0 aliphatic heterocycles. The summed E-state index contributed by atoms with van der Waals surface area (Å²) in [6, 6.07) is 4.39. The molecule has 0 fully saturated rings. The van der Waals surface area contributed by atoms with Gasteiger partial charge in [-0.1, -0.05) is 25.8 Å². The van der Waals surface area contributed by atoms with Crippen LogP contribution >= 0.6 is 11.6 Å². The van der Waals surface area contributed by atoms with Crippen molar-refractivity contribution in [2.24, 2.45) is 0 Å². The lowest BCUT2D eigenvalue weighted by molar-refractivity contribution is -0.167. The first-order valence-electron chi connectivity index (χ1n) is 5.09. The van der Waals surface area contributed by atoms with Crippen molar-refractivity contribution >= 4 is 11.6 Å². The van der Waals surface area contributed by atoms with Crippen molar-refractivity contribution in [3.8, 4) is 0 Å². The number of hydrogen-bond donors (Lipinski definition) is 0. The monoisotopic (exact) mass is 251 g/mol. The van der Waals surface area contributed by atoms with Crippen LogP contribution in [0.4, 0.5) is 13.2 Å². The van der Waals surface area contributed by atoms with Crippen LogP contribution in [0.15, 0.2) is 24.4 Å². The number of hydrogen-bond acceptors (Lipinski definition) is 1. The summed E-state index contributed by atoms with van der Waals surface area (Å²) in [5, 5.41) is 0. The minimum Gasteiger partial charge on any atom is -0.259 e. The van der Waals surface area contributed by atoms with Crippen LogP contribution in [-0.4, -0.2) is 11.2 Å². The van der Waals surface area contributed by atoms with E-state index in [2.05, 4.69) is 4.98 Å². The second kappa shape index (κ2) is 5.04. The van der Waals surface area contributed by atoms with Gasteiger partial charge in [-0.25, -0.2) is 0 Å². The molecule has 0 amide bonds. The van der Waals surface area contributed by atoms with Gasteiger partial charge in [-0.05, 0) is 18.6 Å². The van der Waals surface area contributed by atoms with Crippen molar-refractivity contribution in [1.82, 2.24) is 4.98 Å². The molecular weight excluding hydrogens is 239 g/mol. The van der Waals surface area contributed by atoms with E-state index >= 15 is 0 Å². The van der Waals surface area contributed by atoms with E-state index < -0.39 is 11.1 Å². The molecule has 0 aliphatic rings. The van der Waals surface area contributed by atoms with Crippen LogP contribution in [0.3, 0.4) is 0 Å². The molecule has 0 N–H and O–H groups in total. The van der Waals surface area contributed by atoms with Crippen molar-refractivity contribution in [1.29, 1.82) is 0 Å². The summed E-state index contributed by atoms with van der Waals surface area (Å²) in [4.78, 5) is 1.36. The number of nitrogens with zero attached hydrogens (tertiary/aromatic N) is 1. The van der Waals surface area contributed by atoms with E-state index in [4.69, 9.17) is 11.6 Å². The van der Waals surface area contributed by atoms with Crippen molar-refractivity contribution in [2.75, 3.05) is 0 Å². The Morgan fingerprint density at radius 2 is 2.00 bits per heavy atom. The highest BCUT2D eigenvalue weighted by atomic mass is 35.5. The second-order valence-electron chi connectivity index (χ2n) is 3.62. The van der Waals surface area contributed by atoms with E-state index in [0.29, 0.717) is 12.8 Å². The smallest absolute Gasteiger partial charge is 0.259 e. The van der Waals surface area contributed by atoms with Gasteiger partial charge < -0.3 is 0 Å². The van der Waals surface area contributed by atoms with Gasteiger partial charge in [0.25, 0.3) is 0 Å². The molecule has 0 saturated heterocycles. The molecule has 0 aliphatic carbocycles. The lowest BCUT2D eigenvalue weighted by Crippen LogP contribution is -2.37. The molecule has 5 heteroatoms. The molecule has 0 bridgehead atoms. The van der Waals surface area contributed by atoms with Crippen LogP contribution in [0.25, 0.3) is 0 Å². The Hall–Kier alpha value is -0.770. The number of unbranched alkanes of at least 4 members (excludes halogenated alkanes) is 1. The normalized spacial score (nSPS) is 15.8. The third kappa shape index (κ3) is 2.67. The highest BCUT2D eigenvalue weighted by Crippen LogP contribution is 2.47.